The van der Waals surface area contributed by atoms with Gasteiger partial charge in [-0.2, -0.15) is 13.2 Å². The van der Waals surface area contributed by atoms with E-state index in [1.807, 2.05) is 0 Å². The van der Waals surface area contributed by atoms with E-state index >= 15 is 0 Å². The molecule has 0 bridgehead atoms. The molecule has 0 unspecified atom stereocenters. The summed E-state index contributed by atoms with van der Waals surface area (Å²) in [5.74, 6) is -0.570. The molecule has 21 heavy (non-hydrogen) atoms. The molecule has 0 aliphatic rings. The van der Waals surface area contributed by atoms with Crippen molar-refractivity contribution in [2.75, 3.05) is 6.54 Å². The van der Waals surface area contributed by atoms with Gasteiger partial charge in [0.25, 0.3) is 5.91 Å². The van der Waals surface area contributed by atoms with Gasteiger partial charge < -0.3 is 4.90 Å². The lowest BCUT2D eigenvalue weighted by Gasteiger charge is -2.31. The SMILES string of the molecule is CCC(CC)N(CC(F)(F)F)C(=O)c1cc(Br)ccc1C. The summed E-state index contributed by atoms with van der Waals surface area (Å²) in [4.78, 5) is 13.5. The van der Waals surface area contributed by atoms with Crippen molar-refractivity contribution in [1.82, 2.24) is 4.90 Å². The van der Waals surface area contributed by atoms with Gasteiger partial charge in [0.1, 0.15) is 6.54 Å². The van der Waals surface area contributed by atoms with Gasteiger partial charge in [0.2, 0.25) is 0 Å². The van der Waals surface area contributed by atoms with E-state index in [9.17, 15) is 18.0 Å². The number of benzene rings is 1. The summed E-state index contributed by atoms with van der Waals surface area (Å²) in [5, 5.41) is 0. The van der Waals surface area contributed by atoms with Gasteiger partial charge in [0, 0.05) is 16.1 Å². The van der Waals surface area contributed by atoms with E-state index < -0.39 is 24.7 Å². The van der Waals surface area contributed by atoms with Gasteiger partial charge in [-0.1, -0.05) is 35.8 Å². The Kier molecular flexibility index (Phi) is 6.25. The van der Waals surface area contributed by atoms with Gasteiger partial charge in [-0.25, -0.2) is 0 Å². The number of carbonyl (C=O) groups is 1. The second-order valence-electron chi connectivity index (χ2n) is 4.98. The number of carbonyl (C=O) groups excluding carboxylic acids is 1. The summed E-state index contributed by atoms with van der Waals surface area (Å²) in [7, 11) is 0. The maximum Gasteiger partial charge on any atom is 0.406 e. The molecule has 1 amide bonds. The van der Waals surface area contributed by atoms with Crippen molar-refractivity contribution in [2.24, 2.45) is 0 Å². The molecule has 0 N–H and O–H groups in total. The molecule has 1 rings (SSSR count). The molecule has 0 fully saturated rings. The second-order valence-corrected chi connectivity index (χ2v) is 5.89. The van der Waals surface area contributed by atoms with Crippen LogP contribution >= 0.6 is 15.9 Å². The highest BCUT2D eigenvalue weighted by Gasteiger charge is 2.36. The molecule has 0 heterocycles. The van der Waals surface area contributed by atoms with E-state index in [-0.39, 0.29) is 0 Å². The first-order chi connectivity index (χ1) is 9.69. The van der Waals surface area contributed by atoms with Gasteiger partial charge in [-0.3, -0.25) is 4.79 Å². The van der Waals surface area contributed by atoms with Gasteiger partial charge >= 0.3 is 6.18 Å². The van der Waals surface area contributed by atoms with Crippen LogP contribution in [0.25, 0.3) is 0 Å². The van der Waals surface area contributed by atoms with Crippen molar-refractivity contribution in [1.29, 1.82) is 0 Å². The van der Waals surface area contributed by atoms with Crippen LogP contribution in [0.4, 0.5) is 13.2 Å². The zero-order valence-corrected chi connectivity index (χ0v) is 13.9. The fourth-order valence-electron chi connectivity index (χ4n) is 2.27. The number of amides is 1. The fourth-order valence-corrected chi connectivity index (χ4v) is 2.63. The molecule has 0 saturated carbocycles. The Balaban J connectivity index is 3.18. The number of hydrogen-bond donors (Lipinski definition) is 0. The van der Waals surface area contributed by atoms with Crippen molar-refractivity contribution < 1.29 is 18.0 Å². The average Bonchev–Trinajstić information content (AvgIpc) is 2.39. The summed E-state index contributed by atoms with van der Waals surface area (Å²) in [5.41, 5.74) is 0.974. The standard InChI is InChI=1S/C15H19BrF3NO/c1-4-12(5-2)20(9-15(17,18)19)14(21)13-8-11(16)7-6-10(13)3/h6-8,12H,4-5,9H2,1-3H3. The summed E-state index contributed by atoms with van der Waals surface area (Å²) < 4.78 is 39.0. The molecule has 2 nitrogen and oxygen atoms in total. The van der Waals surface area contributed by atoms with Crippen LogP contribution in [0.3, 0.4) is 0 Å². The Labute approximate surface area is 131 Å². The summed E-state index contributed by atoms with van der Waals surface area (Å²) in [6.45, 7) is 4.08. The first-order valence-electron chi connectivity index (χ1n) is 6.83. The van der Waals surface area contributed by atoms with Gasteiger partial charge in [-0.05, 0) is 37.5 Å². The van der Waals surface area contributed by atoms with Crippen molar-refractivity contribution in [3.63, 3.8) is 0 Å². The first-order valence-corrected chi connectivity index (χ1v) is 7.62. The minimum atomic E-state index is -4.40. The fraction of sp³-hybridized carbons (Fsp3) is 0.533. The van der Waals surface area contributed by atoms with E-state index in [1.54, 1.807) is 39.0 Å². The number of halogens is 4. The number of rotatable bonds is 5. The van der Waals surface area contributed by atoms with Crippen LogP contribution in [0, 0.1) is 6.92 Å². The quantitative estimate of drug-likeness (QED) is 0.722. The van der Waals surface area contributed by atoms with Crippen molar-refractivity contribution in [3.05, 3.63) is 33.8 Å². The van der Waals surface area contributed by atoms with Crippen molar-refractivity contribution >= 4 is 21.8 Å². The predicted octanol–water partition coefficient (Wildman–Crippen LogP) is 4.95. The van der Waals surface area contributed by atoms with E-state index in [4.69, 9.17) is 0 Å². The highest BCUT2D eigenvalue weighted by Crippen LogP contribution is 2.24. The topological polar surface area (TPSA) is 20.3 Å². The zero-order valence-electron chi connectivity index (χ0n) is 12.3. The largest absolute Gasteiger partial charge is 0.406 e. The molecular weight excluding hydrogens is 347 g/mol. The van der Waals surface area contributed by atoms with Crippen LogP contribution in [-0.4, -0.2) is 29.6 Å². The molecule has 0 atom stereocenters. The highest BCUT2D eigenvalue weighted by atomic mass is 79.9. The predicted molar refractivity (Wildman–Crippen MR) is 80.3 cm³/mol. The molecule has 0 spiro atoms. The van der Waals surface area contributed by atoms with Crippen LogP contribution in [0.2, 0.25) is 0 Å². The van der Waals surface area contributed by atoms with Crippen LogP contribution in [0.5, 0.6) is 0 Å². The smallest absolute Gasteiger partial charge is 0.327 e. The molecule has 6 heteroatoms. The van der Waals surface area contributed by atoms with E-state index in [0.717, 1.165) is 4.90 Å². The minimum Gasteiger partial charge on any atom is -0.327 e. The summed E-state index contributed by atoms with van der Waals surface area (Å²) in [6, 6.07) is 4.63. The molecule has 0 aliphatic heterocycles. The van der Waals surface area contributed by atoms with E-state index in [0.29, 0.717) is 28.4 Å². The van der Waals surface area contributed by atoms with Crippen molar-refractivity contribution in [2.45, 2.75) is 45.8 Å². The normalized spacial score (nSPS) is 11.8. The third-order valence-corrected chi connectivity index (χ3v) is 3.92. The van der Waals surface area contributed by atoms with Crippen LogP contribution in [0.1, 0.15) is 42.6 Å². The Morgan fingerprint density at radius 3 is 2.33 bits per heavy atom. The first kappa shape index (κ1) is 18.0. The number of aryl methyl sites for hydroxylation is 1. The molecule has 1 aromatic carbocycles. The third-order valence-electron chi connectivity index (χ3n) is 3.42. The lowest BCUT2D eigenvalue weighted by atomic mass is 10.0. The molecule has 0 radical (unpaired) electrons. The molecule has 1 aromatic rings. The number of alkyl halides is 3. The second kappa shape index (κ2) is 7.29. The summed E-state index contributed by atoms with van der Waals surface area (Å²) in [6.07, 6.45) is -3.42. The minimum absolute atomic E-state index is 0.306. The molecular formula is C15H19BrF3NO. The number of hydrogen-bond acceptors (Lipinski definition) is 1. The van der Waals surface area contributed by atoms with Gasteiger partial charge in [0.05, 0.1) is 0 Å². The van der Waals surface area contributed by atoms with Gasteiger partial charge in [0.15, 0.2) is 0 Å². The monoisotopic (exact) mass is 365 g/mol. The van der Waals surface area contributed by atoms with E-state index in [2.05, 4.69) is 15.9 Å². The lowest BCUT2D eigenvalue weighted by Crippen LogP contribution is -2.45. The van der Waals surface area contributed by atoms with Crippen LogP contribution < -0.4 is 0 Å². The number of nitrogens with zero attached hydrogens (tertiary/aromatic N) is 1. The maximum absolute atomic E-state index is 12.8. The molecule has 0 aromatic heterocycles. The lowest BCUT2D eigenvalue weighted by molar-refractivity contribution is -0.144. The zero-order chi connectivity index (χ0) is 16.2. The summed E-state index contributed by atoms with van der Waals surface area (Å²) >= 11 is 3.25. The van der Waals surface area contributed by atoms with Crippen LogP contribution in [-0.2, 0) is 0 Å². The Morgan fingerprint density at radius 1 is 1.29 bits per heavy atom. The van der Waals surface area contributed by atoms with E-state index in [1.165, 1.54) is 0 Å². The molecule has 0 aliphatic carbocycles. The Morgan fingerprint density at radius 2 is 1.86 bits per heavy atom. The Bertz CT molecular complexity index is 498. The van der Waals surface area contributed by atoms with Crippen LogP contribution in [0.15, 0.2) is 22.7 Å². The maximum atomic E-state index is 12.8. The van der Waals surface area contributed by atoms with Crippen molar-refractivity contribution in [3.8, 4) is 0 Å². The average molecular weight is 366 g/mol. The van der Waals surface area contributed by atoms with Gasteiger partial charge in [-0.15, -0.1) is 0 Å². The molecule has 0 saturated heterocycles. The third kappa shape index (κ3) is 5.02. The Hall–Kier alpha value is -1.04. The molecule has 118 valence electrons. The highest BCUT2D eigenvalue weighted by molar-refractivity contribution is 9.10.